The maximum atomic E-state index is 12.6. The summed E-state index contributed by atoms with van der Waals surface area (Å²) in [6, 6.07) is 14.2. The lowest BCUT2D eigenvalue weighted by Gasteiger charge is -2.13. The van der Waals surface area contributed by atoms with E-state index in [-0.39, 0.29) is 12.5 Å². The molecular weight excluding hydrogens is 451 g/mol. The average Bonchev–Trinajstić information content (AvgIpc) is 3.13. The smallest absolute Gasteiger partial charge is 0.263 e. The van der Waals surface area contributed by atoms with Crippen molar-refractivity contribution in [3.63, 3.8) is 0 Å². The number of methoxy groups -OCH3 is 1. The second kappa shape index (κ2) is 9.06. The number of hydrogen-bond donors (Lipinski definition) is 1. The quantitative estimate of drug-likeness (QED) is 0.409. The fourth-order valence-corrected chi connectivity index (χ4v) is 3.65. The molecule has 4 aromatic rings. The van der Waals surface area contributed by atoms with Gasteiger partial charge in [-0.3, -0.25) is 4.79 Å². The van der Waals surface area contributed by atoms with Crippen LogP contribution >= 0.6 is 23.2 Å². The highest BCUT2D eigenvalue weighted by Crippen LogP contribution is 2.29. The Balaban J connectivity index is 1.61. The van der Waals surface area contributed by atoms with Crippen LogP contribution in [0, 0.1) is 13.8 Å². The minimum Gasteiger partial charge on any atom is -0.494 e. The topological polar surface area (TPSA) is 78.3 Å². The molecule has 1 amide bonds. The molecule has 1 N–H and O–H groups in total. The summed E-state index contributed by atoms with van der Waals surface area (Å²) in [7, 11) is 1.61. The lowest BCUT2D eigenvalue weighted by atomic mass is 10.1. The zero-order valence-corrected chi connectivity index (χ0v) is 19.2. The van der Waals surface area contributed by atoms with Crippen LogP contribution in [0.5, 0.6) is 11.5 Å². The van der Waals surface area contributed by atoms with E-state index in [2.05, 4.69) is 10.4 Å². The van der Waals surface area contributed by atoms with E-state index in [1.165, 1.54) is 0 Å². The first-order valence-electron chi connectivity index (χ1n) is 9.75. The minimum atomic E-state index is -0.378. The summed E-state index contributed by atoms with van der Waals surface area (Å²) in [5, 5.41) is 9.13. The SMILES string of the molecule is COc1cccc2c(C)cc(-n3nc(C)cc3NC(=O)COc3cc(Cl)ccc3Cl)nc12. The molecule has 9 heteroatoms. The minimum absolute atomic E-state index is 0.248. The lowest BCUT2D eigenvalue weighted by molar-refractivity contribution is -0.118. The van der Waals surface area contributed by atoms with E-state index in [0.717, 1.165) is 22.2 Å². The van der Waals surface area contributed by atoms with Crippen LogP contribution in [-0.2, 0) is 4.79 Å². The molecule has 2 heterocycles. The Hall–Kier alpha value is -3.29. The molecular formula is C23H20Cl2N4O3. The molecule has 0 saturated heterocycles. The molecule has 0 aliphatic rings. The number of aryl methyl sites for hydroxylation is 2. The van der Waals surface area contributed by atoms with E-state index in [4.69, 9.17) is 37.7 Å². The number of carbonyl (C=O) groups excluding carboxylic acids is 1. The molecule has 2 aromatic heterocycles. The van der Waals surface area contributed by atoms with E-state index in [1.54, 1.807) is 36.1 Å². The van der Waals surface area contributed by atoms with Crippen molar-refractivity contribution in [2.45, 2.75) is 13.8 Å². The van der Waals surface area contributed by atoms with Gasteiger partial charge in [0.15, 0.2) is 12.4 Å². The summed E-state index contributed by atoms with van der Waals surface area (Å²) in [5.74, 6) is 1.64. The summed E-state index contributed by atoms with van der Waals surface area (Å²) in [5.41, 5.74) is 2.45. The van der Waals surface area contributed by atoms with Gasteiger partial charge in [0.25, 0.3) is 5.91 Å². The number of nitrogens with zero attached hydrogens (tertiary/aromatic N) is 3. The van der Waals surface area contributed by atoms with Gasteiger partial charge in [0, 0.05) is 22.5 Å². The van der Waals surface area contributed by atoms with Crippen LogP contribution in [0.4, 0.5) is 5.82 Å². The first-order chi connectivity index (χ1) is 15.4. The van der Waals surface area contributed by atoms with E-state index in [0.29, 0.717) is 33.2 Å². The number of benzene rings is 2. The first-order valence-corrected chi connectivity index (χ1v) is 10.5. The van der Waals surface area contributed by atoms with Crippen molar-refractivity contribution in [1.29, 1.82) is 0 Å². The summed E-state index contributed by atoms with van der Waals surface area (Å²) < 4.78 is 12.6. The average molecular weight is 471 g/mol. The number of rotatable bonds is 6. The van der Waals surface area contributed by atoms with Gasteiger partial charge in [-0.25, -0.2) is 4.98 Å². The molecule has 0 saturated carbocycles. The van der Waals surface area contributed by atoms with Gasteiger partial charge in [-0.2, -0.15) is 9.78 Å². The second-order valence-electron chi connectivity index (χ2n) is 7.15. The third kappa shape index (κ3) is 4.49. The molecule has 0 aliphatic heterocycles. The lowest BCUT2D eigenvalue weighted by Crippen LogP contribution is -2.22. The molecule has 32 heavy (non-hydrogen) atoms. The van der Waals surface area contributed by atoms with Crippen molar-refractivity contribution in [2.24, 2.45) is 0 Å². The number of halogens is 2. The highest BCUT2D eigenvalue weighted by molar-refractivity contribution is 6.34. The summed E-state index contributed by atoms with van der Waals surface area (Å²) in [6.07, 6.45) is 0. The Morgan fingerprint density at radius 2 is 1.91 bits per heavy atom. The standard InChI is InChI=1S/C23H20Cl2N4O3/c1-13-9-20(27-23-16(13)5-4-6-18(23)31-3)29-21(10-14(2)28-29)26-22(30)12-32-19-11-15(24)7-8-17(19)25/h4-11H,12H2,1-3H3,(H,26,30). The third-order valence-electron chi connectivity index (χ3n) is 4.78. The fourth-order valence-electron chi connectivity index (χ4n) is 3.32. The molecule has 0 fully saturated rings. The highest BCUT2D eigenvalue weighted by atomic mass is 35.5. The molecule has 0 bridgehead atoms. The Kier molecular flexibility index (Phi) is 6.21. The first kappa shape index (κ1) is 21.9. The Morgan fingerprint density at radius 1 is 1.09 bits per heavy atom. The van der Waals surface area contributed by atoms with Gasteiger partial charge in [-0.1, -0.05) is 35.3 Å². The number of hydrogen-bond acceptors (Lipinski definition) is 5. The predicted octanol–water partition coefficient (Wildman–Crippen LogP) is 5.37. The van der Waals surface area contributed by atoms with Crippen LogP contribution in [0.3, 0.4) is 0 Å². The largest absolute Gasteiger partial charge is 0.494 e. The normalized spacial score (nSPS) is 10.9. The van der Waals surface area contributed by atoms with Crippen molar-refractivity contribution < 1.29 is 14.3 Å². The third-order valence-corrected chi connectivity index (χ3v) is 5.33. The van der Waals surface area contributed by atoms with Gasteiger partial charge in [-0.05, 0) is 43.7 Å². The number of nitrogens with one attached hydrogen (secondary N) is 1. The molecule has 7 nitrogen and oxygen atoms in total. The van der Waals surface area contributed by atoms with Crippen LogP contribution < -0.4 is 14.8 Å². The monoisotopic (exact) mass is 470 g/mol. The predicted molar refractivity (Wildman–Crippen MR) is 125 cm³/mol. The molecule has 0 unspecified atom stereocenters. The van der Waals surface area contributed by atoms with E-state index in [1.807, 2.05) is 38.1 Å². The number of pyridine rings is 1. The van der Waals surface area contributed by atoms with Crippen molar-refractivity contribution in [2.75, 3.05) is 19.0 Å². The molecule has 0 atom stereocenters. The van der Waals surface area contributed by atoms with E-state index >= 15 is 0 Å². The second-order valence-corrected chi connectivity index (χ2v) is 7.99. The summed E-state index contributed by atoms with van der Waals surface area (Å²) in [6.45, 7) is 3.58. The van der Waals surface area contributed by atoms with Crippen molar-refractivity contribution in [3.8, 4) is 17.3 Å². The number of ether oxygens (including phenoxy) is 2. The Morgan fingerprint density at radius 3 is 2.69 bits per heavy atom. The van der Waals surface area contributed by atoms with Crippen molar-refractivity contribution in [3.05, 3.63) is 69.8 Å². The number of carbonyl (C=O) groups is 1. The molecule has 0 radical (unpaired) electrons. The fraction of sp³-hybridized carbons (Fsp3) is 0.174. The van der Waals surface area contributed by atoms with Crippen molar-refractivity contribution >= 4 is 45.8 Å². The van der Waals surface area contributed by atoms with Crippen LogP contribution in [0.15, 0.2) is 48.5 Å². The van der Waals surface area contributed by atoms with Crippen molar-refractivity contribution in [1.82, 2.24) is 14.8 Å². The van der Waals surface area contributed by atoms with Gasteiger partial charge in [0.05, 0.1) is 17.8 Å². The highest BCUT2D eigenvalue weighted by Gasteiger charge is 2.15. The van der Waals surface area contributed by atoms with Gasteiger partial charge in [-0.15, -0.1) is 0 Å². The van der Waals surface area contributed by atoms with E-state index < -0.39 is 0 Å². The maximum absolute atomic E-state index is 12.6. The van der Waals surface area contributed by atoms with Gasteiger partial charge in [0.1, 0.15) is 22.8 Å². The zero-order valence-electron chi connectivity index (χ0n) is 17.6. The molecule has 4 rings (SSSR count). The number of aromatic nitrogens is 3. The van der Waals surface area contributed by atoms with E-state index in [9.17, 15) is 4.79 Å². The van der Waals surface area contributed by atoms with Crippen LogP contribution in [0.1, 0.15) is 11.3 Å². The number of anilines is 1. The Labute approximate surface area is 194 Å². The molecule has 164 valence electrons. The van der Waals surface area contributed by atoms with Crippen LogP contribution in [-0.4, -0.2) is 34.4 Å². The summed E-state index contributed by atoms with van der Waals surface area (Å²) >= 11 is 12.1. The number of amides is 1. The maximum Gasteiger partial charge on any atom is 0.263 e. The molecule has 0 aliphatic carbocycles. The number of para-hydroxylation sites is 1. The summed E-state index contributed by atoms with van der Waals surface area (Å²) in [4.78, 5) is 17.3. The van der Waals surface area contributed by atoms with Gasteiger partial charge >= 0.3 is 0 Å². The molecule has 2 aromatic carbocycles. The van der Waals surface area contributed by atoms with Gasteiger partial charge in [0.2, 0.25) is 0 Å². The number of fused-ring (bicyclic) bond motifs is 1. The van der Waals surface area contributed by atoms with Gasteiger partial charge < -0.3 is 14.8 Å². The Bertz CT molecular complexity index is 1320. The molecule has 0 spiro atoms. The zero-order chi connectivity index (χ0) is 22.8. The van der Waals surface area contributed by atoms with Crippen LogP contribution in [0.25, 0.3) is 16.7 Å². The van der Waals surface area contributed by atoms with Crippen LogP contribution in [0.2, 0.25) is 10.0 Å².